The first-order valence-corrected chi connectivity index (χ1v) is 8.37. The van der Waals surface area contributed by atoms with E-state index in [1.807, 2.05) is 12.1 Å². The summed E-state index contributed by atoms with van der Waals surface area (Å²) in [4.78, 5) is 0. The largest absolute Gasteiger partial charge is 0.362 e. The van der Waals surface area contributed by atoms with Crippen LogP contribution in [0.5, 0.6) is 0 Å². The number of rotatable bonds is 7. The highest BCUT2D eigenvalue weighted by molar-refractivity contribution is 7.80. The minimum absolute atomic E-state index is 0.694. The Hall–Kier alpha value is -1.87. The molecule has 0 amide bonds. The highest BCUT2D eigenvalue weighted by atomic mass is 32.1. The van der Waals surface area contributed by atoms with Crippen molar-refractivity contribution in [1.82, 2.24) is 5.32 Å². The van der Waals surface area contributed by atoms with Crippen molar-refractivity contribution in [1.29, 1.82) is 0 Å². The van der Waals surface area contributed by atoms with Gasteiger partial charge in [-0.25, -0.2) is 0 Å². The predicted molar refractivity (Wildman–Crippen MR) is 99.4 cm³/mol. The monoisotopic (exact) mass is 312 g/mol. The molecule has 2 aromatic carbocycles. The van der Waals surface area contributed by atoms with E-state index in [2.05, 4.69) is 60.0 Å². The molecule has 3 heteroatoms. The van der Waals surface area contributed by atoms with Crippen molar-refractivity contribution in [3.8, 4) is 0 Å². The Morgan fingerprint density at radius 2 is 1.68 bits per heavy atom. The molecule has 2 N–H and O–H groups in total. The summed E-state index contributed by atoms with van der Waals surface area (Å²) in [7, 11) is 0. The molecule has 0 spiro atoms. The maximum atomic E-state index is 5.40. The van der Waals surface area contributed by atoms with Gasteiger partial charge in [-0.2, -0.15) is 0 Å². The second-order valence-corrected chi connectivity index (χ2v) is 5.79. The van der Waals surface area contributed by atoms with E-state index in [1.54, 1.807) is 0 Å². The van der Waals surface area contributed by atoms with Gasteiger partial charge in [-0.05, 0) is 48.7 Å². The second kappa shape index (κ2) is 9.21. The van der Waals surface area contributed by atoms with Gasteiger partial charge in [-0.15, -0.1) is 0 Å². The zero-order chi connectivity index (χ0) is 15.6. The number of hydrogen-bond donors (Lipinski definition) is 2. The molecule has 0 aliphatic rings. The lowest BCUT2D eigenvalue weighted by Crippen LogP contribution is -2.30. The van der Waals surface area contributed by atoms with Gasteiger partial charge < -0.3 is 10.6 Å². The minimum Gasteiger partial charge on any atom is -0.362 e. The molecule has 22 heavy (non-hydrogen) atoms. The average Bonchev–Trinajstić information content (AvgIpc) is 2.55. The Morgan fingerprint density at radius 3 is 2.45 bits per heavy atom. The van der Waals surface area contributed by atoms with E-state index in [1.165, 1.54) is 24.0 Å². The Balaban J connectivity index is 1.81. The normalized spacial score (nSPS) is 10.2. The minimum atomic E-state index is 0.694. The smallest absolute Gasteiger partial charge is 0.170 e. The molecule has 0 aliphatic carbocycles. The Kier molecular flexibility index (Phi) is 6.91. The zero-order valence-electron chi connectivity index (χ0n) is 13.1. The highest BCUT2D eigenvalue weighted by Crippen LogP contribution is 2.17. The van der Waals surface area contributed by atoms with E-state index in [9.17, 15) is 0 Å². The number of thiocarbonyl (C=S) groups is 1. The van der Waals surface area contributed by atoms with Crippen LogP contribution in [0, 0.1) is 0 Å². The number of unbranched alkanes of at least 4 members (excludes halogenated alkanes) is 1. The highest BCUT2D eigenvalue weighted by Gasteiger charge is 2.03. The molecule has 0 saturated carbocycles. The van der Waals surface area contributed by atoms with Gasteiger partial charge in [-0.3, -0.25) is 0 Å². The van der Waals surface area contributed by atoms with E-state index in [-0.39, 0.29) is 0 Å². The summed E-state index contributed by atoms with van der Waals surface area (Å²) in [6.07, 6.45) is 4.47. The summed E-state index contributed by atoms with van der Waals surface area (Å²) < 4.78 is 0. The van der Waals surface area contributed by atoms with Crippen molar-refractivity contribution in [3.05, 3.63) is 65.7 Å². The van der Waals surface area contributed by atoms with Crippen LogP contribution in [0.1, 0.15) is 30.9 Å². The van der Waals surface area contributed by atoms with Gasteiger partial charge in [0.05, 0.1) is 0 Å². The molecule has 0 bridgehead atoms. The molecule has 0 unspecified atom stereocenters. The molecule has 2 aromatic rings. The quantitative estimate of drug-likeness (QED) is 0.733. The van der Waals surface area contributed by atoms with Crippen LogP contribution in [-0.4, -0.2) is 11.7 Å². The Labute approximate surface area is 139 Å². The van der Waals surface area contributed by atoms with Crippen LogP contribution in [0.4, 0.5) is 5.69 Å². The van der Waals surface area contributed by atoms with Crippen molar-refractivity contribution in [2.45, 2.75) is 32.6 Å². The molecular formula is C19H24N2S. The standard InChI is InChI=1S/C19H24N2S/c1-2-3-11-17-12-7-8-13-18(17)21-19(22)20-15-14-16-9-5-4-6-10-16/h4-10,12-13H,2-3,11,14-15H2,1H3,(H2,20,21,22). The maximum Gasteiger partial charge on any atom is 0.170 e. The lowest BCUT2D eigenvalue weighted by Gasteiger charge is -2.14. The summed E-state index contributed by atoms with van der Waals surface area (Å²) in [6.45, 7) is 3.05. The molecule has 116 valence electrons. The summed E-state index contributed by atoms with van der Waals surface area (Å²) in [6, 6.07) is 18.8. The van der Waals surface area contributed by atoms with E-state index in [0.29, 0.717) is 5.11 Å². The fourth-order valence-electron chi connectivity index (χ4n) is 2.36. The SMILES string of the molecule is CCCCc1ccccc1NC(=S)NCCc1ccccc1. The van der Waals surface area contributed by atoms with Gasteiger partial charge in [0.2, 0.25) is 0 Å². The van der Waals surface area contributed by atoms with Crippen LogP contribution in [0.15, 0.2) is 54.6 Å². The van der Waals surface area contributed by atoms with Gasteiger partial charge in [0.15, 0.2) is 5.11 Å². The van der Waals surface area contributed by atoms with Crippen LogP contribution in [-0.2, 0) is 12.8 Å². The molecule has 0 aromatic heterocycles. The first kappa shape index (κ1) is 16.5. The van der Waals surface area contributed by atoms with Crippen LogP contribution >= 0.6 is 12.2 Å². The molecule has 0 atom stereocenters. The molecule has 0 fully saturated rings. The number of para-hydroxylation sites is 1. The van der Waals surface area contributed by atoms with Crippen LogP contribution in [0.2, 0.25) is 0 Å². The summed E-state index contributed by atoms with van der Waals surface area (Å²) in [5, 5.41) is 7.30. The topological polar surface area (TPSA) is 24.1 Å². The molecule has 2 rings (SSSR count). The maximum absolute atomic E-state index is 5.40. The summed E-state index contributed by atoms with van der Waals surface area (Å²) in [5.41, 5.74) is 3.77. The fraction of sp³-hybridized carbons (Fsp3) is 0.316. The van der Waals surface area contributed by atoms with Crippen LogP contribution in [0.25, 0.3) is 0 Å². The number of aryl methyl sites for hydroxylation is 1. The Bertz CT molecular complexity index is 581. The van der Waals surface area contributed by atoms with E-state index < -0.39 is 0 Å². The molecule has 2 nitrogen and oxygen atoms in total. The second-order valence-electron chi connectivity index (χ2n) is 5.38. The third-order valence-electron chi connectivity index (χ3n) is 3.61. The van der Waals surface area contributed by atoms with E-state index >= 15 is 0 Å². The fourth-order valence-corrected chi connectivity index (χ4v) is 2.57. The van der Waals surface area contributed by atoms with Crippen molar-refractivity contribution in [2.75, 3.05) is 11.9 Å². The van der Waals surface area contributed by atoms with Crippen LogP contribution < -0.4 is 10.6 Å². The summed E-state index contributed by atoms with van der Waals surface area (Å²) in [5.74, 6) is 0. The Morgan fingerprint density at radius 1 is 0.955 bits per heavy atom. The number of nitrogens with one attached hydrogen (secondary N) is 2. The van der Waals surface area contributed by atoms with Crippen molar-refractivity contribution in [3.63, 3.8) is 0 Å². The molecule has 0 heterocycles. The zero-order valence-corrected chi connectivity index (χ0v) is 14.0. The third kappa shape index (κ3) is 5.49. The van der Waals surface area contributed by atoms with Crippen LogP contribution in [0.3, 0.4) is 0 Å². The first-order valence-electron chi connectivity index (χ1n) is 7.96. The van der Waals surface area contributed by atoms with Crippen molar-refractivity contribution < 1.29 is 0 Å². The molecule has 0 saturated heterocycles. The van der Waals surface area contributed by atoms with Gasteiger partial charge >= 0.3 is 0 Å². The van der Waals surface area contributed by atoms with Gasteiger partial charge in [0.25, 0.3) is 0 Å². The predicted octanol–water partition coefficient (Wildman–Crippen LogP) is 4.56. The number of benzene rings is 2. The number of anilines is 1. The number of hydrogen-bond acceptors (Lipinski definition) is 1. The van der Waals surface area contributed by atoms with E-state index in [0.717, 1.165) is 25.1 Å². The molecular weight excluding hydrogens is 288 g/mol. The third-order valence-corrected chi connectivity index (χ3v) is 3.85. The molecule has 0 radical (unpaired) electrons. The average molecular weight is 312 g/mol. The van der Waals surface area contributed by atoms with Crippen molar-refractivity contribution in [2.24, 2.45) is 0 Å². The lowest BCUT2D eigenvalue weighted by molar-refractivity contribution is 0.796. The van der Waals surface area contributed by atoms with Gasteiger partial charge in [0, 0.05) is 12.2 Å². The van der Waals surface area contributed by atoms with Gasteiger partial charge in [-0.1, -0.05) is 61.9 Å². The lowest BCUT2D eigenvalue weighted by atomic mass is 10.1. The molecule has 0 aliphatic heterocycles. The van der Waals surface area contributed by atoms with E-state index in [4.69, 9.17) is 12.2 Å². The first-order chi connectivity index (χ1) is 10.8. The summed E-state index contributed by atoms with van der Waals surface area (Å²) >= 11 is 5.40. The van der Waals surface area contributed by atoms with Crippen molar-refractivity contribution >= 4 is 23.0 Å². The van der Waals surface area contributed by atoms with Gasteiger partial charge in [0.1, 0.15) is 0 Å².